The molecule has 0 aliphatic rings. The monoisotopic (exact) mass is 330 g/mol. The molecule has 1 heterocycles. The third-order valence-corrected chi connectivity index (χ3v) is 5.55. The highest BCUT2D eigenvalue weighted by Gasteiger charge is 2.08. The topological polar surface area (TPSA) is 29.5 Å². The lowest BCUT2D eigenvalue weighted by atomic mass is 10.1. The zero-order chi connectivity index (χ0) is 15.4. The molecular formula is C18H18O2S2. The highest BCUT2D eigenvalue weighted by molar-refractivity contribution is 7.98. The lowest BCUT2D eigenvalue weighted by molar-refractivity contribution is 0.204. The van der Waals surface area contributed by atoms with Crippen molar-refractivity contribution in [3.05, 3.63) is 65.0 Å². The van der Waals surface area contributed by atoms with Crippen LogP contribution < -0.4 is 4.74 Å². The molecule has 1 atom stereocenters. The molecule has 0 saturated carbocycles. The molecule has 0 amide bonds. The first kappa shape index (κ1) is 15.4. The van der Waals surface area contributed by atoms with Crippen molar-refractivity contribution in [3.8, 4) is 5.75 Å². The maximum Gasteiger partial charge on any atom is 0.118 e. The summed E-state index contributed by atoms with van der Waals surface area (Å²) in [5.74, 6) is 2.42. The largest absolute Gasteiger partial charge is 0.497 e. The first-order valence-electron chi connectivity index (χ1n) is 7.12. The SMILES string of the molecule is COc1ccc([C@H](O)CSCc2ccc3sccc3c2)cc1. The summed E-state index contributed by atoms with van der Waals surface area (Å²) in [7, 11) is 1.64. The van der Waals surface area contributed by atoms with Gasteiger partial charge in [-0.2, -0.15) is 11.8 Å². The molecule has 0 spiro atoms. The molecule has 0 saturated heterocycles. The fourth-order valence-electron chi connectivity index (χ4n) is 2.32. The van der Waals surface area contributed by atoms with Gasteiger partial charge in [0.1, 0.15) is 5.75 Å². The molecule has 4 heteroatoms. The number of hydrogen-bond donors (Lipinski definition) is 1. The Kier molecular flexibility index (Phi) is 5.03. The number of aliphatic hydroxyl groups excluding tert-OH is 1. The van der Waals surface area contributed by atoms with Gasteiger partial charge in [0.05, 0.1) is 13.2 Å². The van der Waals surface area contributed by atoms with E-state index in [1.54, 1.807) is 30.2 Å². The molecule has 2 nitrogen and oxygen atoms in total. The lowest BCUT2D eigenvalue weighted by Gasteiger charge is -2.11. The van der Waals surface area contributed by atoms with Crippen molar-refractivity contribution in [2.24, 2.45) is 0 Å². The van der Waals surface area contributed by atoms with Crippen molar-refractivity contribution >= 4 is 33.2 Å². The lowest BCUT2D eigenvalue weighted by Crippen LogP contribution is -2.00. The minimum Gasteiger partial charge on any atom is -0.497 e. The van der Waals surface area contributed by atoms with Gasteiger partial charge in [0.15, 0.2) is 0 Å². The van der Waals surface area contributed by atoms with Gasteiger partial charge in [-0.05, 0) is 52.2 Å². The van der Waals surface area contributed by atoms with Crippen molar-refractivity contribution in [1.29, 1.82) is 0 Å². The Bertz CT molecular complexity index is 734. The summed E-state index contributed by atoms with van der Waals surface area (Å²) < 4.78 is 6.46. The summed E-state index contributed by atoms with van der Waals surface area (Å²) in [6.07, 6.45) is -0.444. The zero-order valence-electron chi connectivity index (χ0n) is 12.4. The van der Waals surface area contributed by atoms with Crippen molar-refractivity contribution in [2.45, 2.75) is 11.9 Å². The standard InChI is InChI=1S/C18H18O2S2/c1-20-16-5-3-14(4-6-16)17(19)12-21-11-13-2-7-18-15(10-13)8-9-22-18/h2-10,17,19H,11-12H2,1H3/t17-/m1/s1. The number of methoxy groups -OCH3 is 1. The number of thioether (sulfide) groups is 1. The molecule has 1 aromatic heterocycles. The minimum atomic E-state index is -0.444. The van der Waals surface area contributed by atoms with Crippen molar-refractivity contribution < 1.29 is 9.84 Å². The van der Waals surface area contributed by atoms with Crippen LogP contribution >= 0.6 is 23.1 Å². The first-order valence-corrected chi connectivity index (χ1v) is 9.15. The van der Waals surface area contributed by atoms with E-state index >= 15 is 0 Å². The second kappa shape index (κ2) is 7.18. The Morgan fingerprint density at radius 3 is 2.73 bits per heavy atom. The molecule has 3 rings (SSSR count). The molecule has 0 unspecified atom stereocenters. The predicted molar refractivity (Wildman–Crippen MR) is 95.9 cm³/mol. The van der Waals surface area contributed by atoms with Gasteiger partial charge in [0.25, 0.3) is 0 Å². The number of ether oxygens (including phenoxy) is 1. The van der Waals surface area contributed by atoms with Gasteiger partial charge in [0, 0.05) is 16.2 Å². The van der Waals surface area contributed by atoms with E-state index in [4.69, 9.17) is 4.74 Å². The van der Waals surface area contributed by atoms with Gasteiger partial charge in [0.2, 0.25) is 0 Å². The van der Waals surface area contributed by atoms with Gasteiger partial charge in [-0.3, -0.25) is 0 Å². The predicted octanol–water partition coefficient (Wildman–Crippen LogP) is 4.88. The molecule has 22 heavy (non-hydrogen) atoms. The quantitative estimate of drug-likeness (QED) is 0.699. The fourth-order valence-corrected chi connectivity index (χ4v) is 4.04. The van der Waals surface area contributed by atoms with Gasteiger partial charge in [-0.15, -0.1) is 11.3 Å². The molecule has 3 aromatic rings. The van der Waals surface area contributed by atoms with Gasteiger partial charge < -0.3 is 9.84 Å². The molecule has 0 radical (unpaired) electrons. The summed E-state index contributed by atoms with van der Waals surface area (Å²) >= 11 is 3.52. The van der Waals surface area contributed by atoms with Crippen molar-refractivity contribution in [2.75, 3.05) is 12.9 Å². The summed E-state index contributed by atoms with van der Waals surface area (Å²) in [6, 6.07) is 16.3. The van der Waals surface area contributed by atoms with Crippen LogP contribution in [0.3, 0.4) is 0 Å². The zero-order valence-corrected chi connectivity index (χ0v) is 14.0. The Labute approximate surface area is 138 Å². The molecule has 0 aliphatic carbocycles. The van der Waals surface area contributed by atoms with Crippen LogP contribution in [-0.4, -0.2) is 18.0 Å². The molecule has 0 fully saturated rings. The van der Waals surface area contributed by atoms with Gasteiger partial charge in [-0.1, -0.05) is 18.2 Å². The van der Waals surface area contributed by atoms with E-state index in [0.717, 1.165) is 17.1 Å². The normalized spacial score (nSPS) is 12.5. The highest BCUT2D eigenvalue weighted by atomic mass is 32.2. The average molecular weight is 330 g/mol. The van der Waals surface area contributed by atoms with Crippen LogP contribution in [0.25, 0.3) is 10.1 Å². The number of fused-ring (bicyclic) bond motifs is 1. The van der Waals surface area contributed by atoms with E-state index in [2.05, 4.69) is 29.6 Å². The van der Waals surface area contributed by atoms with E-state index in [9.17, 15) is 5.11 Å². The van der Waals surface area contributed by atoms with E-state index in [1.165, 1.54) is 15.6 Å². The number of benzene rings is 2. The van der Waals surface area contributed by atoms with Crippen LogP contribution in [0.2, 0.25) is 0 Å². The van der Waals surface area contributed by atoms with Crippen LogP contribution in [-0.2, 0) is 5.75 Å². The van der Waals surface area contributed by atoms with Crippen LogP contribution in [0.5, 0.6) is 5.75 Å². The Morgan fingerprint density at radius 1 is 1.14 bits per heavy atom. The summed E-state index contributed by atoms with van der Waals surface area (Å²) in [5.41, 5.74) is 2.24. The third kappa shape index (κ3) is 3.64. The number of hydrogen-bond acceptors (Lipinski definition) is 4. The van der Waals surface area contributed by atoms with E-state index in [0.29, 0.717) is 5.75 Å². The number of aliphatic hydroxyl groups is 1. The Morgan fingerprint density at radius 2 is 1.95 bits per heavy atom. The van der Waals surface area contributed by atoms with E-state index < -0.39 is 6.10 Å². The van der Waals surface area contributed by atoms with Crippen LogP contribution in [0.15, 0.2) is 53.9 Å². The summed E-state index contributed by atoms with van der Waals surface area (Å²) in [6.45, 7) is 0. The molecule has 114 valence electrons. The second-order valence-electron chi connectivity index (χ2n) is 5.10. The highest BCUT2D eigenvalue weighted by Crippen LogP contribution is 2.26. The van der Waals surface area contributed by atoms with Crippen LogP contribution in [0, 0.1) is 0 Å². The maximum absolute atomic E-state index is 10.2. The Balaban J connectivity index is 1.55. The summed E-state index contributed by atoms with van der Waals surface area (Å²) in [5, 5.41) is 13.7. The smallest absolute Gasteiger partial charge is 0.118 e. The molecule has 2 aromatic carbocycles. The van der Waals surface area contributed by atoms with Crippen molar-refractivity contribution in [1.82, 2.24) is 0 Å². The molecule has 0 aliphatic heterocycles. The van der Waals surface area contributed by atoms with Crippen molar-refractivity contribution in [3.63, 3.8) is 0 Å². The Hall–Kier alpha value is -1.49. The number of thiophene rings is 1. The first-order chi connectivity index (χ1) is 10.8. The molecular weight excluding hydrogens is 312 g/mol. The van der Waals surface area contributed by atoms with Gasteiger partial charge in [-0.25, -0.2) is 0 Å². The average Bonchev–Trinajstić information content (AvgIpc) is 3.02. The summed E-state index contributed by atoms with van der Waals surface area (Å²) in [4.78, 5) is 0. The number of rotatable bonds is 6. The molecule has 0 bridgehead atoms. The van der Waals surface area contributed by atoms with Crippen LogP contribution in [0.4, 0.5) is 0 Å². The third-order valence-electron chi connectivity index (χ3n) is 3.56. The fraction of sp³-hybridized carbons (Fsp3) is 0.222. The van der Waals surface area contributed by atoms with Crippen LogP contribution in [0.1, 0.15) is 17.2 Å². The molecule has 1 N–H and O–H groups in total. The second-order valence-corrected chi connectivity index (χ2v) is 7.07. The van der Waals surface area contributed by atoms with Gasteiger partial charge >= 0.3 is 0 Å². The minimum absolute atomic E-state index is 0.444. The van der Waals surface area contributed by atoms with E-state index in [-0.39, 0.29) is 0 Å². The maximum atomic E-state index is 10.2. The van der Waals surface area contributed by atoms with E-state index in [1.807, 2.05) is 24.3 Å².